The van der Waals surface area contributed by atoms with Crippen LogP contribution in [0.4, 0.5) is 5.82 Å². The van der Waals surface area contributed by atoms with Gasteiger partial charge in [-0.25, -0.2) is 0 Å². The van der Waals surface area contributed by atoms with E-state index in [4.69, 9.17) is 4.52 Å². The van der Waals surface area contributed by atoms with Gasteiger partial charge in [0, 0.05) is 4.90 Å². The van der Waals surface area contributed by atoms with Gasteiger partial charge in [-0.15, -0.1) is 0 Å². The van der Waals surface area contributed by atoms with Crippen LogP contribution in [0.1, 0.15) is 0 Å². The van der Waals surface area contributed by atoms with Gasteiger partial charge >= 0.3 is 0 Å². The molecule has 0 saturated carbocycles. The van der Waals surface area contributed by atoms with Gasteiger partial charge in [0.05, 0.1) is 5.39 Å². The summed E-state index contributed by atoms with van der Waals surface area (Å²) in [7, 11) is 0. The summed E-state index contributed by atoms with van der Waals surface area (Å²) >= 11 is 1.53. The molecule has 0 saturated heterocycles. The highest BCUT2D eigenvalue weighted by Gasteiger charge is 2.07. The third kappa shape index (κ3) is 2.94. The summed E-state index contributed by atoms with van der Waals surface area (Å²) in [5, 5.41) is 5.07. The molecule has 4 heteroatoms. The Labute approximate surface area is 138 Å². The predicted octanol–water partition coefficient (Wildman–Crippen LogP) is 5.61. The monoisotopic (exact) mass is 318 g/mol. The number of nitrogens with one attached hydrogen (secondary N) is 1. The molecule has 0 aliphatic rings. The zero-order chi connectivity index (χ0) is 15.5. The molecule has 4 aromatic rings. The smallest absolute Gasteiger partial charge is 0.187 e. The molecular formula is C19H14N2OS. The second-order valence-electron chi connectivity index (χ2n) is 5.13. The third-order valence-corrected chi connectivity index (χ3v) is 4.37. The number of anilines is 1. The number of rotatable bonds is 4. The maximum Gasteiger partial charge on any atom is 0.187 e. The normalized spacial score (nSPS) is 10.8. The van der Waals surface area contributed by atoms with Crippen molar-refractivity contribution in [2.24, 2.45) is 0 Å². The topological polar surface area (TPSA) is 38.1 Å². The van der Waals surface area contributed by atoms with Gasteiger partial charge < -0.3 is 9.25 Å². The van der Waals surface area contributed by atoms with E-state index in [1.165, 1.54) is 23.1 Å². The van der Waals surface area contributed by atoms with Crippen LogP contribution < -0.4 is 4.72 Å². The molecule has 0 fully saturated rings. The summed E-state index contributed by atoms with van der Waals surface area (Å²) in [6, 6.07) is 26.6. The largest absolute Gasteiger partial charge is 0.354 e. The third-order valence-electron chi connectivity index (χ3n) is 3.58. The van der Waals surface area contributed by atoms with Crippen molar-refractivity contribution < 1.29 is 4.52 Å². The molecule has 0 unspecified atom stereocenters. The average Bonchev–Trinajstić information content (AvgIpc) is 3.04. The molecule has 0 atom stereocenters. The maximum absolute atomic E-state index is 5.30. The number of hydrogen-bond acceptors (Lipinski definition) is 4. The van der Waals surface area contributed by atoms with Crippen LogP contribution in [0.3, 0.4) is 0 Å². The molecule has 3 aromatic carbocycles. The highest BCUT2D eigenvalue weighted by atomic mass is 32.2. The van der Waals surface area contributed by atoms with Gasteiger partial charge in [0.1, 0.15) is 0 Å². The molecule has 0 radical (unpaired) electrons. The fourth-order valence-electron chi connectivity index (χ4n) is 2.44. The van der Waals surface area contributed by atoms with Crippen LogP contribution >= 0.6 is 11.9 Å². The van der Waals surface area contributed by atoms with E-state index < -0.39 is 0 Å². The van der Waals surface area contributed by atoms with Crippen LogP contribution in [-0.4, -0.2) is 5.16 Å². The van der Waals surface area contributed by atoms with Crippen LogP contribution in [0.2, 0.25) is 0 Å². The quantitative estimate of drug-likeness (QED) is 0.496. The fraction of sp³-hybridized carbons (Fsp3) is 0. The van der Waals surface area contributed by atoms with Crippen molar-refractivity contribution in [2.75, 3.05) is 4.72 Å². The van der Waals surface area contributed by atoms with Crippen LogP contribution in [0, 0.1) is 0 Å². The molecule has 112 valence electrons. The van der Waals surface area contributed by atoms with E-state index in [-0.39, 0.29) is 0 Å². The summed E-state index contributed by atoms with van der Waals surface area (Å²) in [4.78, 5) is 1.12. The zero-order valence-corrected chi connectivity index (χ0v) is 13.1. The SMILES string of the molecule is c1ccc(-c2cccc(SNc3noc4ccccc34)c2)cc1. The number of aromatic nitrogens is 1. The van der Waals surface area contributed by atoms with E-state index in [1.807, 2.05) is 30.3 Å². The van der Waals surface area contributed by atoms with Crippen LogP contribution in [0.15, 0.2) is 88.3 Å². The van der Waals surface area contributed by atoms with E-state index in [0.29, 0.717) is 0 Å². The highest BCUT2D eigenvalue weighted by molar-refractivity contribution is 8.00. The molecule has 0 amide bonds. The highest BCUT2D eigenvalue weighted by Crippen LogP contribution is 2.29. The van der Waals surface area contributed by atoms with Gasteiger partial charge in [-0.2, -0.15) is 0 Å². The zero-order valence-electron chi connectivity index (χ0n) is 12.3. The van der Waals surface area contributed by atoms with Gasteiger partial charge in [0.25, 0.3) is 0 Å². The summed E-state index contributed by atoms with van der Waals surface area (Å²) in [6.45, 7) is 0. The summed E-state index contributed by atoms with van der Waals surface area (Å²) in [6.07, 6.45) is 0. The fourth-order valence-corrected chi connectivity index (χ4v) is 3.13. The minimum atomic E-state index is 0.746. The Morgan fingerprint density at radius 2 is 1.57 bits per heavy atom. The van der Waals surface area contributed by atoms with E-state index >= 15 is 0 Å². The molecular weight excluding hydrogens is 304 g/mol. The molecule has 0 aliphatic carbocycles. The van der Waals surface area contributed by atoms with E-state index in [9.17, 15) is 0 Å². The lowest BCUT2D eigenvalue weighted by Gasteiger charge is -2.06. The van der Waals surface area contributed by atoms with Gasteiger partial charge in [-0.1, -0.05) is 59.8 Å². The van der Waals surface area contributed by atoms with Crippen molar-refractivity contribution in [2.45, 2.75) is 4.90 Å². The van der Waals surface area contributed by atoms with Crippen molar-refractivity contribution in [3.8, 4) is 11.1 Å². The van der Waals surface area contributed by atoms with Gasteiger partial charge in [-0.05, 0) is 47.3 Å². The van der Waals surface area contributed by atoms with Crippen LogP contribution in [0.5, 0.6) is 0 Å². The maximum atomic E-state index is 5.30. The Hall–Kier alpha value is -2.72. The van der Waals surface area contributed by atoms with E-state index in [1.54, 1.807) is 0 Å². The molecule has 4 rings (SSSR count). The first-order chi connectivity index (χ1) is 11.4. The Bertz CT molecular complexity index is 934. The van der Waals surface area contributed by atoms with E-state index in [2.05, 4.69) is 58.4 Å². The number of para-hydroxylation sites is 1. The Kier molecular flexibility index (Phi) is 3.74. The molecule has 0 spiro atoms. The summed E-state index contributed by atoms with van der Waals surface area (Å²) < 4.78 is 8.58. The lowest BCUT2D eigenvalue weighted by Crippen LogP contribution is -1.87. The molecule has 1 aromatic heterocycles. The minimum absolute atomic E-state index is 0.746. The van der Waals surface area contributed by atoms with Crippen molar-refractivity contribution in [1.82, 2.24) is 5.16 Å². The lowest BCUT2D eigenvalue weighted by atomic mass is 10.1. The van der Waals surface area contributed by atoms with Crippen molar-refractivity contribution in [3.05, 3.63) is 78.9 Å². The average molecular weight is 318 g/mol. The van der Waals surface area contributed by atoms with Gasteiger partial charge in [0.15, 0.2) is 11.4 Å². The molecule has 0 bridgehead atoms. The first-order valence-corrected chi connectivity index (χ1v) is 8.14. The Morgan fingerprint density at radius 1 is 0.783 bits per heavy atom. The molecule has 23 heavy (non-hydrogen) atoms. The molecule has 0 aliphatic heterocycles. The van der Waals surface area contributed by atoms with E-state index in [0.717, 1.165) is 21.7 Å². The second kappa shape index (κ2) is 6.18. The number of nitrogens with zero attached hydrogens (tertiary/aromatic N) is 1. The molecule has 3 nitrogen and oxygen atoms in total. The molecule has 1 N–H and O–H groups in total. The Balaban J connectivity index is 1.55. The lowest BCUT2D eigenvalue weighted by molar-refractivity contribution is 0.460. The number of hydrogen-bond donors (Lipinski definition) is 1. The van der Waals surface area contributed by atoms with Crippen LogP contribution in [-0.2, 0) is 0 Å². The summed E-state index contributed by atoms with van der Waals surface area (Å²) in [5.74, 6) is 0.746. The predicted molar refractivity (Wildman–Crippen MR) is 95.4 cm³/mol. The van der Waals surface area contributed by atoms with Gasteiger partial charge in [-0.3, -0.25) is 0 Å². The van der Waals surface area contributed by atoms with Crippen molar-refractivity contribution in [3.63, 3.8) is 0 Å². The molecule has 1 heterocycles. The van der Waals surface area contributed by atoms with Crippen molar-refractivity contribution >= 4 is 28.7 Å². The first kappa shape index (κ1) is 13.9. The van der Waals surface area contributed by atoms with Crippen LogP contribution in [0.25, 0.3) is 22.1 Å². The second-order valence-corrected chi connectivity index (χ2v) is 6.00. The van der Waals surface area contributed by atoms with Crippen molar-refractivity contribution in [1.29, 1.82) is 0 Å². The van der Waals surface area contributed by atoms with Gasteiger partial charge in [0.2, 0.25) is 0 Å². The number of fused-ring (bicyclic) bond motifs is 1. The Morgan fingerprint density at radius 3 is 2.48 bits per heavy atom. The summed E-state index contributed by atoms with van der Waals surface area (Å²) in [5.41, 5.74) is 3.19. The minimum Gasteiger partial charge on any atom is -0.354 e. The standard InChI is InChI=1S/C19H14N2OS/c1-2-7-14(8-3-1)15-9-6-10-16(13-15)23-21-19-17-11-4-5-12-18(17)22-20-19/h1-13H,(H,20,21). The first-order valence-electron chi connectivity index (χ1n) is 7.33. The number of benzene rings is 3.